The van der Waals surface area contributed by atoms with Gasteiger partial charge in [-0.05, 0) is 12.3 Å². The molecule has 0 bridgehead atoms. The number of ether oxygens (including phenoxy) is 1. The maximum absolute atomic E-state index is 12.3. The van der Waals surface area contributed by atoms with Gasteiger partial charge in [0.25, 0.3) is 0 Å². The predicted molar refractivity (Wildman–Crippen MR) is 129 cm³/mol. The summed E-state index contributed by atoms with van der Waals surface area (Å²) >= 11 is 15.3. The number of rotatable bonds is 8. The molecule has 32 heavy (non-hydrogen) atoms. The number of allylic oxidation sites excluding steroid dienone is 3. The van der Waals surface area contributed by atoms with Gasteiger partial charge in [-0.2, -0.15) is 4.98 Å². The summed E-state index contributed by atoms with van der Waals surface area (Å²) in [7, 11) is 0. The highest BCUT2D eigenvalue weighted by Gasteiger charge is 2.25. The molecule has 3 atom stereocenters. The first-order chi connectivity index (χ1) is 15.5. The van der Waals surface area contributed by atoms with E-state index in [-0.39, 0.29) is 16.7 Å². The summed E-state index contributed by atoms with van der Waals surface area (Å²) in [5, 5.41) is 13.4. The molecule has 1 saturated heterocycles. The molecule has 0 radical (unpaired) electrons. The minimum atomic E-state index is -0.0198. The summed E-state index contributed by atoms with van der Waals surface area (Å²) in [5.41, 5.74) is 0.812. The number of hydrogen-bond acceptors (Lipinski definition) is 9. The second kappa shape index (κ2) is 11.3. The van der Waals surface area contributed by atoms with Crippen LogP contribution < -0.4 is 10.6 Å². The molecule has 2 aliphatic heterocycles. The number of carbonyl (C=O) groups excluding carboxylic acids is 1. The van der Waals surface area contributed by atoms with Crippen molar-refractivity contribution in [3.05, 3.63) is 39.3 Å². The van der Waals surface area contributed by atoms with Gasteiger partial charge < -0.3 is 19.9 Å². The number of aryl methyl sites for hydroxylation is 1. The van der Waals surface area contributed by atoms with Crippen LogP contribution in [-0.2, 0) is 9.53 Å². The first-order valence-electron chi connectivity index (χ1n) is 10.3. The molecule has 0 saturated carbocycles. The van der Waals surface area contributed by atoms with Crippen LogP contribution >= 0.6 is 46.7 Å². The van der Waals surface area contributed by atoms with Crippen molar-refractivity contribution in [2.24, 2.45) is 5.92 Å². The smallest absolute Gasteiger partial charge is 0.230 e. The first kappa shape index (κ1) is 24.0. The number of nitrogens with one attached hydrogen (secondary N) is 2. The van der Waals surface area contributed by atoms with Gasteiger partial charge in [0, 0.05) is 38.5 Å². The Balaban J connectivity index is 1.13. The predicted octanol–water partition coefficient (Wildman–Crippen LogP) is 3.11. The Morgan fingerprint density at radius 3 is 3.09 bits per heavy atom. The van der Waals surface area contributed by atoms with Crippen molar-refractivity contribution in [3.8, 4) is 0 Å². The second-order valence-electron chi connectivity index (χ2n) is 7.71. The van der Waals surface area contributed by atoms with Gasteiger partial charge in [0.05, 0.1) is 34.2 Å². The largest absolute Gasteiger partial charge is 0.374 e. The number of nitrogens with zero attached hydrogens (tertiary/aromatic N) is 3. The van der Waals surface area contributed by atoms with Crippen LogP contribution in [0.2, 0.25) is 0 Å². The van der Waals surface area contributed by atoms with Crippen molar-refractivity contribution in [3.63, 3.8) is 0 Å². The lowest BCUT2D eigenvalue weighted by Crippen LogP contribution is -2.48. The zero-order valence-electron chi connectivity index (χ0n) is 17.6. The monoisotopic (exact) mass is 517 g/mol. The van der Waals surface area contributed by atoms with Crippen LogP contribution in [0.15, 0.2) is 32.1 Å². The number of aromatic nitrogens is 2. The maximum atomic E-state index is 12.3. The molecule has 2 unspecified atom stereocenters. The summed E-state index contributed by atoms with van der Waals surface area (Å²) in [6.45, 7) is 5.47. The van der Waals surface area contributed by atoms with Crippen LogP contribution in [0, 0.1) is 12.8 Å². The fraction of sp³-hybridized carbons (Fsp3) is 0.550. The number of halogens is 2. The minimum Gasteiger partial charge on any atom is -0.374 e. The summed E-state index contributed by atoms with van der Waals surface area (Å²) in [6.07, 6.45) is 4.88. The van der Waals surface area contributed by atoms with E-state index in [1.807, 2.05) is 17.6 Å². The molecule has 3 heterocycles. The normalized spacial score (nSPS) is 26.2. The SMILES string of the molecule is Cc1nc(C2=CSC(SCC(=O)NC[C@H]3CN(CC4C=C(Cl)C(Cl)=CC4)CCO3)N2)no1. The minimum absolute atomic E-state index is 0.0104. The van der Waals surface area contributed by atoms with Gasteiger partial charge in [-0.15, -0.1) is 11.8 Å². The molecule has 1 fully saturated rings. The molecule has 1 aromatic rings. The Bertz CT molecular complexity index is 923. The van der Waals surface area contributed by atoms with Crippen LogP contribution in [0.4, 0.5) is 0 Å². The molecule has 1 aliphatic carbocycles. The lowest BCUT2D eigenvalue weighted by Gasteiger charge is -2.35. The topological polar surface area (TPSA) is 92.5 Å². The van der Waals surface area contributed by atoms with Crippen LogP contribution in [0.5, 0.6) is 0 Å². The van der Waals surface area contributed by atoms with Gasteiger partial charge >= 0.3 is 0 Å². The van der Waals surface area contributed by atoms with E-state index in [1.165, 1.54) is 11.8 Å². The Kier molecular flexibility index (Phi) is 8.47. The summed E-state index contributed by atoms with van der Waals surface area (Å²) in [4.78, 5) is 18.9. The lowest BCUT2D eigenvalue weighted by molar-refractivity contribution is -0.119. The standard InChI is InChI=1S/C20H25Cl2N5O3S2/c1-12-24-19(26-30-12)17-10-31-20(25-17)32-11-18(28)23-7-14-9-27(4-5-29-14)8-13-2-3-15(21)16(22)6-13/h3,6,10,13-14,20,25H,2,4-5,7-9,11H2,1H3,(H,23,28)/t13?,14-,20?/m0/s1. The number of hydrogen-bond donors (Lipinski definition) is 2. The number of amides is 1. The Hall–Kier alpha value is -1.17. The fourth-order valence-electron chi connectivity index (χ4n) is 3.60. The van der Waals surface area contributed by atoms with E-state index in [0.717, 1.165) is 31.8 Å². The molecule has 8 nitrogen and oxygen atoms in total. The second-order valence-corrected chi connectivity index (χ2v) is 10.9. The van der Waals surface area contributed by atoms with Gasteiger partial charge in [0.2, 0.25) is 17.6 Å². The number of morpholine rings is 1. The average Bonchev–Trinajstić information content (AvgIpc) is 3.42. The van der Waals surface area contributed by atoms with Crippen LogP contribution in [0.25, 0.3) is 5.70 Å². The van der Waals surface area contributed by atoms with Crippen LogP contribution in [-0.4, -0.2) is 70.3 Å². The quantitative estimate of drug-likeness (QED) is 0.539. The third-order valence-electron chi connectivity index (χ3n) is 5.17. The van der Waals surface area contributed by atoms with E-state index in [2.05, 4.69) is 25.7 Å². The molecule has 2 N–H and O–H groups in total. The molecular weight excluding hydrogens is 493 g/mol. The van der Waals surface area contributed by atoms with Crippen LogP contribution in [0.3, 0.4) is 0 Å². The Morgan fingerprint density at radius 2 is 2.31 bits per heavy atom. The molecule has 4 rings (SSSR count). The maximum Gasteiger partial charge on any atom is 0.230 e. The molecule has 0 aromatic carbocycles. The first-order valence-corrected chi connectivity index (χ1v) is 13.1. The highest BCUT2D eigenvalue weighted by atomic mass is 35.5. The summed E-state index contributed by atoms with van der Waals surface area (Å²) in [6, 6.07) is 0. The van der Waals surface area contributed by atoms with E-state index in [1.54, 1.807) is 18.7 Å². The molecule has 3 aliphatic rings. The Morgan fingerprint density at radius 1 is 1.44 bits per heavy atom. The third-order valence-corrected chi connectivity index (χ3v) is 8.28. The van der Waals surface area contributed by atoms with E-state index in [9.17, 15) is 4.79 Å². The van der Waals surface area contributed by atoms with Crippen molar-refractivity contribution in [2.75, 3.05) is 38.5 Å². The summed E-state index contributed by atoms with van der Waals surface area (Å²) < 4.78 is 10.9. The lowest BCUT2D eigenvalue weighted by atomic mass is 9.99. The van der Waals surface area contributed by atoms with Crippen molar-refractivity contribution in [1.29, 1.82) is 0 Å². The summed E-state index contributed by atoms with van der Waals surface area (Å²) in [5.74, 6) is 1.75. The number of carbonyl (C=O) groups is 1. The van der Waals surface area contributed by atoms with Gasteiger partial charge in [0.1, 0.15) is 4.71 Å². The highest BCUT2D eigenvalue weighted by molar-refractivity contribution is 8.18. The molecule has 1 aromatic heterocycles. The van der Waals surface area contributed by atoms with E-state index < -0.39 is 0 Å². The Labute approximate surface area is 205 Å². The van der Waals surface area contributed by atoms with Crippen molar-refractivity contribution >= 4 is 58.3 Å². The zero-order chi connectivity index (χ0) is 22.5. The van der Waals surface area contributed by atoms with Crippen LogP contribution in [0.1, 0.15) is 18.1 Å². The molecule has 0 spiro atoms. The third kappa shape index (κ3) is 6.68. The van der Waals surface area contributed by atoms with Gasteiger partial charge in [-0.25, -0.2) is 0 Å². The molecular formula is C20H25Cl2N5O3S2. The van der Waals surface area contributed by atoms with E-state index in [0.29, 0.717) is 46.6 Å². The van der Waals surface area contributed by atoms with Crippen molar-refractivity contribution in [1.82, 2.24) is 25.7 Å². The molecule has 174 valence electrons. The van der Waals surface area contributed by atoms with Gasteiger partial charge in [-0.1, -0.05) is 52.3 Å². The fourth-order valence-corrected chi connectivity index (χ4v) is 5.93. The van der Waals surface area contributed by atoms with E-state index in [4.69, 9.17) is 32.5 Å². The van der Waals surface area contributed by atoms with Gasteiger partial charge in [-0.3, -0.25) is 9.69 Å². The zero-order valence-corrected chi connectivity index (χ0v) is 20.7. The van der Waals surface area contributed by atoms with E-state index >= 15 is 0 Å². The van der Waals surface area contributed by atoms with Crippen molar-refractivity contribution in [2.45, 2.75) is 24.2 Å². The van der Waals surface area contributed by atoms with Gasteiger partial charge in [0.15, 0.2) is 0 Å². The molecule has 1 amide bonds. The van der Waals surface area contributed by atoms with Crippen molar-refractivity contribution < 1.29 is 14.1 Å². The average molecular weight is 518 g/mol. The number of thioether (sulfide) groups is 2. The molecule has 12 heteroatoms. The highest BCUT2D eigenvalue weighted by Crippen LogP contribution is 2.32.